The third kappa shape index (κ3) is 5.67. The number of benzene rings is 1. The lowest BCUT2D eigenvalue weighted by Crippen LogP contribution is -2.31. The van der Waals surface area contributed by atoms with E-state index in [-0.39, 0.29) is 24.8 Å². The summed E-state index contributed by atoms with van der Waals surface area (Å²) in [5.74, 6) is -1.52. The number of hydrogen-bond acceptors (Lipinski definition) is 3. The normalized spacial score (nSPS) is 9.74. The van der Waals surface area contributed by atoms with Gasteiger partial charge in [-0.25, -0.2) is 0 Å². The Bertz CT molecular complexity index is 485. The fourth-order valence-electron chi connectivity index (χ4n) is 1.50. The minimum Gasteiger partial charge on any atom is -0.481 e. The summed E-state index contributed by atoms with van der Waals surface area (Å²) in [6.07, 6.45) is 0.338. The maximum Gasteiger partial charge on any atom is 0.303 e. The highest BCUT2D eigenvalue weighted by Crippen LogP contribution is 2.16. The molecule has 0 aliphatic rings. The van der Waals surface area contributed by atoms with Gasteiger partial charge in [0.2, 0.25) is 11.8 Å². The summed E-state index contributed by atoms with van der Waals surface area (Å²) >= 11 is 0. The predicted molar refractivity (Wildman–Crippen MR) is 69.7 cm³/mol. The van der Waals surface area contributed by atoms with E-state index in [4.69, 9.17) is 5.11 Å². The van der Waals surface area contributed by atoms with Crippen molar-refractivity contribution < 1.29 is 19.5 Å². The molecule has 0 radical (unpaired) electrons. The Morgan fingerprint density at radius 1 is 1.21 bits per heavy atom. The van der Waals surface area contributed by atoms with Crippen molar-refractivity contribution in [1.29, 1.82) is 0 Å². The second-order valence-electron chi connectivity index (χ2n) is 4.01. The van der Waals surface area contributed by atoms with Gasteiger partial charge < -0.3 is 15.7 Å². The lowest BCUT2D eigenvalue weighted by molar-refractivity contribution is -0.137. The highest BCUT2D eigenvalue weighted by molar-refractivity contribution is 5.94. The number of para-hydroxylation sites is 1. The first-order valence-corrected chi connectivity index (χ1v) is 5.83. The van der Waals surface area contributed by atoms with Crippen LogP contribution in [0.5, 0.6) is 0 Å². The van der Waals surface area contributed by atoms with E-state index in [2.05, 4.69) is 10.6 Å². The number of hydrogen-bond donors (Lipinski definition) is 3. The first-order valence-electron chi connectivity index (χ1n) is 5.83. The molecule has 6 heteroatoms. The van der Waals surface area contributed by atoms with Crippen LogP contribution in [0.3, 0.4) is 0 Å². The zero-order valence-electron chi connectivity index (χ0n) is 10.6. The Hall–Kier alpha value is -2.37. The minimum absolute atomic E-state index is 0.00141. The molecule has 1 aromatic carbocycles. The van der Waals surface area contributed by atoms with Crippen LogP contribution in [0.4, 0.5) is 5.69 Å². The van der Waals surface area contributed by atoms with Crippen LogP contribution in [0.2, 0.25) is 0 Å². The average molecular weight is 264 g/mol. The van der Waals surface area contributed by atoms with Crippen LogP contribution in [-0.2, 0) is 20.8 Å². The number of aryl methyl sites for hydroxylation is 1. The summed E-state index contributed by atoms with van der Waals surface area (Å²) in [5.41, 5.74) is 1.32. The summed E-state index contributed by atoms with van der Waals surface area (Å²) in [5, 5.41) is 13.7. The van der Waals surface area contributed by atoms with E-state index >= 15 is 0 Å². The molecule has 19 heavy (non-hydrogen) atoms. The van der Waals surface area contributed by atoms with E-state index in [0.29, 0.717) is 12.1 Å². The Morgan fingerprint density at radius 2 is 1.89 bits per heavy atom. The Kier molecular flexibility index (Phi) is 5.53. The van der Waals surface area contributed by atoms with Crippen LogP contribution >= 0.6 is 0 Å². The van der Waals surface area contributed by atoms with Gasteiger partial charge in [0.05, 0.1) is 6.54 Å². The number of carbonyl (C=O) groups excluding carboxylic acids is 2. The van der Waals surface area contributed by atoms with Crippen molar-refractivity contribution >= 4 is 23.5 Å². The first-order chi connectivity index (χ1) is 8.99. The fourth-order valence-corrected chi connectivity index (χ4v) is 1.50. The largest absolute Gasteiger partial charge is 0.481 e. The molecular weight excluding hydrogens is 248 g/mol. The van der Waals surface area contributed by atoms with Crippen molar-refractivity contribution in [3.05, 3.63) is 29.8 Å². The number of carboxylic acids is 1. The topological polar surface area (TPSA) is 95.5 Å². The molecule has 1 aromatic rings. The second-order valence-corrected chi connectivity index (χ2v) is 4.01. The van der Waals surface area contributed by atoms with Gasteiger partial charge in [0, 0.05) is 19.0 Å². The molecule has 102 valence electrons. The molecule has 0 spiro atoms. The first kappa shape index (κ1) is 14.7. The number of carbonyl (C=O) groups is 3. The maximum atomic E-state index is 11.6. The van der Waals surface area contributed by atoms with E-state index in [0.717, 1.165) is 5.56 Å². The van der Waals surface area contributed by atoms with Crippen LogP contribution in [0.25, 0.3) is 0 Å². The highest BCUT2D eigenvalue weighted by Gasteiger charge is 2.08. The van der Waals surface area contributed by atoms with Crippen molar-refractivity contribution in [1.82, 2.24) is 5.32 Å². The van der Waals surface area contributed by atoms with Gasteiger partial charge in [-0.1, -0.05) is 18.2 Å². The average Bonchev–Trinajstić information content (AvgIpc) is 2.35. The van der Waals surface area contributed by atoms with E-state index in [1.165, 1.54) is 6.92 Å². The minimum atomic E-state index is -0.889. The number of nitrogens with one attached hydrogen (secondary N) is 2. The third-order valence-corrected chi connectivity index (χ3v) is 2.40. The van der Waals surface area contributed by atoms with Crippen LogP contribution in [0.15, 0.2) is 24.3 Å². The van der Waals surface area contributed by atoms with E-state index in [9.17, 15) is 14.4 Å². The van der Waals surface area contributed by atoms with Gasteiger partial charge in [0.15, 0.2) is 0 Å². The molecule has 3 N–H and O–H groups in total. The summed E-state index contributed by atoms with van der Waals surface area (Å²) in [6.45, 7) is 1.22. The van der Waals surface area contributed by atoms with Gasteiger partial charge in [-0.15, -0.1) is 0 Å². The molecule has 0 bridgehead atoms. The number of amides is 2. The standard InChI is InChI=1S/C13H16N2O4/c1-9(16)14-8-12(17)15-11-5-3-2-4-10(11)6-7-13(18)19/h2-5H,6-8H2,1H3,(H,14,16)(H,15,17)(H,18,19). The van der Waals surface area contributed by atoms with Crippen molar-refractivity contribution in [3.63, 3.8) is 0 Å². The molecule has 0 saturated heterocycles. The molecule has 6 nitrogen and oxygen atoms in total. The molecule has 0 atom stereocenters. The summed E-state index contributed by atoms with van der Waals surface area (Å²) < 4.78 is 0. The molecule has 0 aliphatic carbocycles. The van der Waals surface area contributed by atoms with E-state index in [1.807, 2.05) is 0 Å². The van der Waals surface area contributed by atoms with Crippen molar-refractivity contribution in [2.75, 3.05) is 11.9 Å². The van der Waals surface area contributed by atoms with Gasteiger partial charge >= 0.3 is 5.97 Å². The second kappa shape index (κ2) is 7.15. The summed E-state index contributed by atoms with van der Waals surface area (Å²) in [4.78, 5) is 32.8. The van der Waals surface area contributed by atoms with Crippen molar-refractivity contribution in [2.24, 2.45) is 0 Å². The van der Waals surface area contributed by atoms with Crippen LogP contribution in [0.1, 0.15) is 18.9 Å². The van der Waals surface area contributed by atoms with Crippen LogP contribution in [0, 0.1) is 0 Å². The molecule has 0 heterocycles. The lowest BCUT2D eigenvalue weighted by Gasteiger charge is -2.10. The van der Waals surface area contributed by atoms with Gasteiger partial charge in [-0.2, -0.15) is 0 Å². The van der Waals surface area contributed by atoms with Crippen molar-refractivity contribution in [2.45, 2.75) is 19.8 Å². The van der Waals surface area contributed by atoms with Crippen LogP contribution < -0.4 is 10.6 Å². The Morgan fingerprint density at radius 3 is 2.53 bits per heavy atom. The fraction of sp³-hybridized carbons (Fsp3) is 0.308. The Balaban J connectivity index is 2.64. The van der Waals surface area contributed by atoms with Gasteiger partial charge in [0.25, 0.3) is 0 Å². The monoisotopic (exact) mass is 264 g/mol. The maximum absolute atomic E-state index is 11.6. The van der Waals surface area contributed by atoms with Crippen molar-refractivity contribution in [3.8, 4) is 0 Å². The third-order valence-electron chi connectivity index (χ3n) is 2.40. The molecule has 2 amide bonds. The highest BCUT2D eigenvalue weighted by atomic mass is 16.4. The zero-order chi connectivity index (χ0) is 14.3. The number of aliphatic carboxylic acids is 1. The predicted octanol–water partition coefficient (Wildman–Crippen LogP) is 0.778. The molecule has 0 unspecified atom stereocenters. The molecule has 1 rings (SSSR count). The SMILES string of the molecule is CC(=O)NCC(=O)Nc1ccccc1CCC(=O)O. The number of anilines is 1. The smallest absolute Gasteiger partial charge is 0.303 e. The summed E-state index contributed by atoms with van der Waals surface area (Å²) in [6, 6.07) is 6.98. The van der Waals surface area contributed by atoms with Gasteiger partial charge in [0.1, 0.15) is 0 Å². The lowest BCUT2D eigenvalue weighted by atomic mass is 10.1. The molecule has 0 aliphatic heterocycles. The zero-order valence-corrected chi connectivity index (χ0v) is 10.6. The van der Waals surface area contributed by atoms with Gasteiger partial charge in [-0.3, -0.25) is 14.4 Å². The van der Waals surface area contributed by atoms with Gasteiger partial charge in [-0.05, 0) is 18.1 Å². The molecular formula is C13H16N2O4. The number of carboxylic acid groups (broad SMARTS) is 1. The van der Waals surface area contributed by atoms with Crippen LogP contribution in [-0.4, -0.2) is 29.4 Å². The van der Waals surface area contributed by atoms with E-state index in [1.54, 1.807) is 24.3 Å². The summed E-state index contributed by atoms with van der Waals surface area (Å²) in [7, 11) is 0. The Labute approximate surface area is 110 Å². The molecule has 0 fully saturated rings. The molecule has 0 aromatic heterocycles. The van der Waals surface area contributed by atoms with E-state index < -0.39 is 5.97 Å². The number of rotatable bonds is 6. The quantitative estimate of drug-likeness (QED) is 0.707. The molecule has 0 saturated carbocycles.